The van der Waals surface area contributed by atoms with Gasteiger partial charge < -0.3 is 14.1 Å². The summed E-state index contributed by atoms with van der Waals surface area (Å²) in [5.41, 5.74) is 5.35. The number of fused-ring (bicyclic) bond motifs is 1. The smallest absolute Gasteiger partial charge is 0.374 e. The van der Waals surface area contributed by atoms with Crippen molar-refractivity contribution in [3.05, 3.63) is 95.3 Å². The number of aromatic nitrogens is 1. The number of rotatable bonds is 5. The number of anilines is 1. The van der Waals surface area contributed by atoms with E-state index in [0.717, 1.165) is 46.2 Å². The van der Waals surface area contributed by atoms with E-state index in [-0.39, 0.29) is 0 Å². The van der Waals surface area contributed by atoms with Crippen LogP contribution in [0.4, 0.5) is 5.69 Å². The average Bonchev–Trinajstić information content (AvgIpc) is 3.09. The normalized spacial score (nSPS) is 15.4. The molecule has 0 N–H and O–H groups in total. The van der Waals surface area contributed by atoms with Crippen LogP contribution in [0, 0.1) is 0 Å². The average molecular weight is 400 g/mol. The summed E-state index contributed by atoms with van der Waals surface area (Å²) in [5, 5.41) is 0. The lowest BCUT2D eigenvalue weighted by Crippen LogP contribution is -2.33. The minimum atomic E-state index is 0.803. The number of ether oxygens (including phenoxy) is 1. The molecule has 2 aromatic carbocycles. The molecule has 0 saturated heterocycles. The molecule has 0 bridgehead atoms. The fourth-order valence-electron chi connectivity index (χ4n) is 3.54. The molecule has 0 unspecified atom stereocenters. The van der Waals surface area contributed by atoms with Gasteiger partial charge in [-0.15, -0.1) is 0 Å². The molecule has 1 aromatic heterocycles. The van der Waals surface area contributed by atoms with Crippen molar-refractivity contribution >= 4 is 28.9 Å². The van der Waals surface area contributed by atoms with Gasteiger partial charge in [0.15, 0.2) is 0 Å². The maximum Gasteiger partial charge on any atom is 0.374 e. The third-order valence-corrected chi connectivity index (χ3v) is 5.05. The van der Waals surface area contributed by atoms with Crippen LogP contribution in [0.5, 0.6) is 0 Å². The number of benzene rings is 2. The van der Waals surface area contributed by atoms with E-state index >= 15 is 0 Å². The van der Waals surface area contributed by atoms with Crippen LogP contribution in [0.2, 0.25) is 0 Å². The predicted molar refractivity (Wildman–Crippen MR) is 123 cm³/mol. The molecule has 4 heteroatoms. The van der Waals surface area contributed by atoms with E-state index in [4.69, 9.17) is 9.15 Å². The molecule has 1 aliphatic heterocycles. The van der Waals surface area contributed by atoms with Gasteiger partial charge in [0, 0.05) is 25.8 Å². The number of hydrogen-bond acceptors (Lipinski definition) is 3. The van der Waals surface area contributed by atoms with Gasteiger partial charge in [0.25, 0.3) is 5.52 Å². The summed E-state index contributed by atoms with van der Waals surface area (Å²) in [6.07, 6.45) is 10.2. The minimum Gasteiger partial charge on any atom is -0.462 e. The molecule has 30 heavy (non-hydrogen) atoms. The molecule has 0 radical (unpaired) electrons. The monoisotopic (exact) mass is 399 g/mol. The molecular formula is C26H27N2O2+. The van der Waals surface area contributed by atoms with Crippen molar-refractivity contribution in [3.8, 4) is 0 Å². The maximum absolute atomic E-state index is 6.09. The SMILES string of the molecule is CC[n+]1c(/C=C2\C=C(C)OC(/C=C/c3ccc(N(C)C)cc3)=C2)oc2ccccc21. The van der Waals surface area contributed by atoms with Crippen molar-refractivity contribution in [3.63, 3.8) is 0 Å². The molecule has 0 saturated carbocycles. The Morgan fingerprint density at radius 3 is 2.47 bits per heavy atom. The molecule has 2 heterocycles. The van der Waals surface area contributed by atoms with E-state index in [1.165, 1.54) is 5.69 Å². The first-order chi connectivity index (χ1) is 14.5. The molecule has 1 aliphatic rings. The summed E-state index contributed by atoms with van der Waals surface area (Å²) in [6.45, 7) is 4.93. The molecule has 0 aliphatic carbocycles. The summed E-state index contributed by atoms with van der Waals surface area (Å²) < 4.78 is 14.2. The lowest BCUT2D eigenvalue weighted by atomic mass is 10.1. The third-order valence-electron chi connectivity index (χ3n) is 5.05. The highest BCUT2D eigenvalue weighted by Gasteiger charge is 2.19. The van der Waals surface area contributed by atoms with Crippen LogP contribution in [-0.2, 0) is 11.3 Å². The van der Waals surface area contributed by atoms with Crippen LogP contribution in [0.15, 0.2) is 88.3 Å². The second kappa shape index (κ2) is 8.46. The molecule has 4 rings (SSSR count). The summed E-state index contributed by atoms with van der Waals surface area (Å²) in [5.74, 6) is 2.49. The second-order valence-electron chi connectivity index (χ2n) is 7.52. The molecule has 0 spiro atoms. The van der Waals surface area contributed by atoms with Gasteiger partial charge in [-0.3, -0.25) is 0 Å². The van der Waals surface area contributed by atoms with Crippen molar-refractivity contribution in [2.45, 2.75) is 20.4 Å². The minimum absolute atomic E-state index is 0.803. The summed E-state index contributed by atoms with van der Waals surface area (Å²) >= 11 is 0. The zero-order valence-electron chi connectivity index (χ0n) is 17.9. The topological polar surface area (TPSA) is 29.5 Å². The Balaban J connectivity index is 1.62. The number of para-hydroxylation sites is 2. The summed E-state index contributed by atoms with van der Waals surface area (Å²) in [6, 6.07) is 16.5. The van der Waals surface area contributed by atoms with Gasteiger partial charge in [-0.05, 0) is 61.4 Å². The zero-order valence-corrected chi connectivity index (χ0v) is 17.9. The van der Waals surface area contributed by atoms with Gasteiger partial charge in [0.05, 0.1) is 6.08 Å². The number of nitrogens with zero attached hydrogens (tertiary/aromatic N) is 2. The Morgan fingerprint density at radius 2 is 1.73 bits per heavy atom. The van der Waals surface area contributed by atoms with Crippen LogP contribution in [-0.4, -0.2) is 14.1 Å². The van der Waals surface area contributed by atoms with Crippen molar-refractivity contribution in [1.29, 1.82) is 0 Å². The van der Waals surface area contributed by atoms with E-state index < -0.39 is 0 Å². The maximum atomic E-state index is 6.09. The Bertz CT molecular complexity index is 1180. The van der Waals surface area contributed by atoms with E-state index in [1.54, 1.807) is 0 Å². The van der Waals surface area contributed by atoms with Crippen LogP contribution >= 0.6 is 0 Å². The van der Waals surface area contributed by atoms with Gasteiger partial charge in [-0.1, -0.05) is 30.3 Å². The highest BCUT2D eigenvalue weighted by atomic mass is 16.5. The molecule has 152 valence electrons. The fourth-order valence-corrected chi connectivity index (χ4v) is 3.54. The van der Waals surface area contributed by atoms with Crippen LogP contribution < -0.4 is 9.47 Å². The van der Waals surface area contributed by atoms with Crippen molar-refractivity contribution in [2.24, 2.45) is 0 Å². The first kappa shape index (κ1) is 19.8. The number of oxazole rings is 1. The van der Waals surface area contributed by atoms with Crippen LogP contribution in [0.1, 0.15) is 25.3 Å². The van der Waals surface area contributed by atoms with E-state index in [1.807, 2.05) is 57.4 Å². The highest BCUT2D eigenvalue weighted by Crippen LogP contribution is 2.24. The van der Waals surface area contributed by atoms with Crippen molar-refractivity contribution in [2.75, 3.05) is 19.0 Å². The molecule has 4 nitrogen and oxygen atoms in total. The molecule has 0 atom stereocenters. The van der Waals surface area contributed by atoms with E-state index in [9.17, 15) is 0 Å². The van der Waals surface area contributed by atoms with E-state index in [2.05, 4.69) is 58.9 Å². The zero-order chi connectivity index (χ0) is 21.1. The second-order valence-corrected chi connectivity index (χ2v) is 7.52. The van der Waals surface area contributed by atoms with Crippen molar-refractivity contribution < 1.29 is 13.7 Å². The Kier molecular flexibility index (Phi) is 5.57. The van der Waals surface area contributed by atoms with Gasteiger partial charge >= 0.3 is 5.89 Å². The summed E-state index contributed by atoms with van der Waals surface area (Å²) in [7, 11) is 4.08. The standard InChI is InChI=1S/C26H27N2O2/c1-5-28-24-8-6-7-9-25(24)30-26(28)18-21-16-19(2)29-23(17-21)15-12-20-10-13-22(14-11-20)27(3)4/h6-18H,5H2,1-4H3/q+1. The van der Waals surface area contributed by atoms with Gasteiger partial charge in [-0.2, -0.15) is 4.57 Å². The quantitative estimate of drug-likeness (QED) is 0.514. The lowest BCUT2D eigenvalue weighted by Gasteiger charge is -2.13. The van der Waals surface area contributed by atoms with Crippen LogP contribution in [0.25, 0.3) is 23.3 Å². The number of aryl methyl sites for hydroxylation is 1. The van der Waals surface area contributed by atoms with Gasteiger partial charge in [-0.25, -0.2) is 0 Å². The van der Waals surface area contributed by atoms with Crippen molar-refractivity contribution in [1.82, 2.24) is 0 Å². The molecule has 3 aromatic rings. The Morgan fingerprint density at radius 1 is 0.967 bits per heavy atom. The summed E-state index contributed by atoms with van der Waals surface area (Å²) in [4.78, 5) is 2.09. The Hall–Kier alpha value is -3.53. The molecular weight excluding hydrogens is 372 g/mol. The lowest BCUT2D eigenvalue weighted by molar-refractivity contribution is -0.674. The number of allylic oxidation sites excluding steroid dienone is 5. The molecule has 0 amide bonds. The third kappa shape index (κ3) is 4.23. The van der Waals surface area contributed by atoms with Gasteiger partial charge in [0.1, 0.15) is 18.1 Å². The largest absolute Gasteiger partial charge is 0.462 e. The first-order valence-electron chi connectivity index (χ1n) is 10.2. The highest BCUT2D eigenvalue weighted by molar-refractivity contribution is 5.70. The van der Waals surface area contributed by atoms with E-state index in [0.29, 0.717) is 0 Å². The molecule has 0 fully saturated rings. The number of hydrogen-bond donors (Lipinski definition) is 0. The fraction of sp³-hybridized carbons (Fsp3) is 0.192. The first-order valence-corrected chi connectivity index (χ1v) is 10.2. The van der Waals surface area contributed by atoms with Gasteiger partial charge in [0.2, 0.25) is 5.58 Å². The van der Waals surface area contributed by atoms with Crippen LogP contribution in [0.3, 0.4) is 0 Å². The predicted octanol–water partition coefficient (Wildman–Crippen LogP) is 5.72. The Labute approximate surface area is 177 Å².